The maximum absolute atomic E-state index is 13.5. The Hall–Kier alpha value is -2.87. The summed E-state index contributed by atoms with van der Waals surface area (Å²) in [6.07, 6.45) is 1.28. The molecular weight excluding hydrogens is 351 g/mol. The molecule has 3 aromatic rings. The van der Waals surface area contributed by atoms with Crippen molar-refractivity contribution < 1.29 is 13.6 Å². The van der Waals surface area contributed by atoms with Gasteiger partial charge in [-0.1, -0.05) is 11.6 Å². The van der Waals surface area contributed by atoms with E-state index in [9.17, 15) is 14.0 Å². The fraction of sp³-hybridized carbons (Fsp3) is 0.188. The van der Waals surface area contributed by atoms with E-state index < -0.39 is 11.9 Å². The molecule has 0 spiro atoms. The molecule has 0 unspecified atom stereocenters. The molecule has 3 rings (SSSR count). The highest BCUT2D eigenvalue weighted by atomic mass is 35.5. The summed E-state index contributed by atoms with van der Waals surface area (Å²) in [5, 5.41) is 5.98. The van der Waals surface area contributed by atoms with Crippen LogP contribution in [-0.2, 0) is 4.79 Å². The minimum atomic E-state index is -0.603. The number of carbonyl (C=O) groups is 1. The molecule has 0 saturated heterocycles. The maximum atomic E-state index is 13.5. The number of benzene rings is 1. The molecule has 7 nitrogen and oxygen atoms in total. The normalized spacial score (nSPS) is 12.2. The zero-order chi connectivity index (χ0) is 18.1. The topological polar surface area (TPSA) is 100 Å². The van der Waals surface area contributed by atoms with Crippen molar-refractivity contribution in [3.63, 3.8) is 0 Å². The number of nitrogens with one attached hydrogen (secondary N) is 3. The van der Waals surface area contributed by atoms with Crippen LogP contribution in [0.2, 0.25) is 5.02 Å². The number of anilines is 2. The summed E-state index contributed by atoms with van der Waals surface area (Å²) in [6.45, 7) is 3.09. The number of oxazole rings is 1. The number of carbonyl (C=O) groups excluding carboxylic acids is 1. The number of fused-ring (bicyclic) bond motifs is 1. The van der Waals surface area contributed by atoms with Crippen LogP contribution in [0, 0.1) is 5.82 Å². The fourth-order valence-corrected chi connectivity index (χ4v) is 2.55. The molecular formula is C16H14ClFN4O3. The first kappa shape index (κ1) is 17.0. The highest BCUT2D eigenvalue weighted by Gasteiger charge is 2.15. The molecule has 1 aromatic carbocycles. The van der Waals surface area contributed by atoms with E-state index in [0.29, 0.717) is 16.5 Å². The predicted molar refractivity (Wildman–Crippen MR) is 92.4 cm³/mol. The van der Waals surface area contributed by atoms with Gasteiger partial charge in [-0.05, 0) is 25.1 Å². The van der Waals surface area contributed by atoms with E-state index in [4.69, 9.17) is 16.0 Å². The molecule has 0 fully saturated rings. The first-order chi connectivity index (χ1) is 11.8. The molecule has 130 valence electrons. The lowest BCUT2D eigenvalue weighted by Gasteiger charge is -2.12. The molecule has 1 amide bonds. The lowest BCUT2D eigenvalue weighted by atomic mass is 10.1. The average Bonchev–Trinajstić information content (AvgIpc) is 2.94. The van der Waals surface area contributed by atoms with Crippen LogP contribution < -0.4 is 16.2 Å². The van der Waals surface area contributed by atoms with Crippen molar-refractivity contribution in [2.24, 2.45) is 0 Å². The van der Waals surface area contributed by atoms with E-state index in [1.165, 1.54) is 25.3 Å². The second-order valence-corrected chi connectivity index (χ2v) is 5.90. The number of aromatic amines is 1. The molecule has 25 heavy (non-hydrogen) atoms. The Labute approximate surface area is 146 Å². The zero-order valence-corrected chi connectivity index (χ0v) is 14.1. The van der Waals surface area contributed by atoms with Crippen molar-refractivity contribution in [1.29, 1.82) is 0 Å². The number of amides is 1. The van der Waals surface area contributed by atoms with Crippen molar-refractivity contribution in [2.45, 2.75) is 19.9 Å². The van der Waals surface area contributed by atoms with E-state index in [1.807, 2.05) is 0 Å². The molecule has 0 aliphatic rings. The Balaban J connectivity index is 1.88. The first-order valence-corrected chi connectivity index (χ1v) is 7.73. The third-order valence-electron chi connectivity index (χ3n) is 3.53. The zero-order valence-electron chi connectivity index (χ0n) is 13.3. The van der Waals surface area contributed by atoms with Gasteiger partial charge in [-0.15, -0.1) is 0 Å². The van der Waals surface area contributed by atoms with Gasteiger partial charge in [0.1, 0.15) is 12.1 Å². The van der Waals surface area contributed by atoms with Gasteiger partial charge < -0.3 is 20.0 Å². The third-order valence-corrected chi connectivity index (χ3v) is 3.82. The summed E-state index contributed by atoms with van der Waals surface area (Å²) in [7, 11) is 0. The molecule has 2 heterocycles. The Bertz CT molecular complexity index is 1010. The number of H-pyrrole nitrogens is 1. The second kappa shape index (κ2) is 6.56. The smallest absolute Gasteiger partial charge is 0.297 e. The lowest BCUT2D eigenvalue weighted by Crippen LogP contribution is -2.19. The summed E-state index contributed by atoms with van der Waals surface area (Å²) >= 11 is 5.79. The average molecular weight is 365 g/mol. The van der Waals surface area contributed by atoms with E-state index in [0.717, 1.165) is 0 Å². The number of rotatable bonds is 4. The van der Waals surface area contributed by atoms with Crippen molar-refractivity contribution in [3.8, 4) is 0 Å². The fourth-order valence-electron chi connectivity index (χ4n) is 2.38. The Kier molecular flexibility index (Phi) is 4.45. The molecule has 0 aliphatic carbocycles. The van der Waals surface area contributed by atoms with Crippen molar-refractivity contribution in [3.05, 3.63) is 51.2 Å². The van der Waals surface area contributed by atoms with Gasteiger partial charge in [0, 0.05) is 17.9 Å². The Morgan fingerprint density at radius 1 is 1.40 bits per heavy atom. The standard InChI is InChI=1S/C16H14ClFN4O3/c1-7(19-16-22-14(6-25-16)20-8(2)23)10-3-9-4-11(17)12(18)5-13(9)21-15(10)24/h3-7H,1-2H3,(H,19,22)(H,20,23)(H,21,24)/t7-/m0/s1. The summed E-state index contributed by atoms with van der Waals surface area (Å²) < 4.78 is 18.7. The molecule has 3 N–H and O–H groups in total. The third kappa shape index (κ3) is 3.63. The van der Waals surface area contributed by atoms with E-state index in [-0.39, 0.29) is 28.3 Å². The van der Waals surface area contributed by atoms with Gasteiger partial charge in [0.05, 0.1) is 16.6 Å². The lowest BCUT2D eigenvalue weighted by molar-refractivity contribution is -0.114. The number of halogens is 2. The minimum absolute atomic E-state index is 0.0289. The molecule has 9 heteroatoms. The first-order valence-electron chi connectivity index (χ1n) is 7.35. The van der Waals surface area contributed by atoms with Gasteiger partial charge in [0.25, 0.3) is 11.6 Å². The predicted octanol–water partition coefficient (Wildman–Crippen LogP) is 3.44. The van der Waals surface area contributed by atoms with Gasteiger partial charge in [0.2, 0.25) is 5.91 Å². The quantitative estimate of drug-likeness (QED) is 0.658. The van der Waals surface area contributed by atoms with E-state index in [2.05, 4.69) is 20.6 Å². The number of pyridine rings is 1. The van der Waals surface area contributed by atoms with E-state index in [1.54, 1.807) is 13.0 Å². The highest BCUT2D eigenvalue weighted by molar-refractivity contribution is 6.31. The van der Waals surface area contributed by atoms with Crippen molar-refractivity contribution >= 4 is 40.2 Å². The van der Waals surface area contributed by atoms with Crippen LogP contribution in [0.5, 0.6) is 0 Å². The van der Waals surface area contributed by atoms with Crippen LogP contribution in [0.3, 0.4) is 0 Å². The summed E-state index contributed by atoms with van der Waals surface area (Å²) in [6, 6.07) is 3.93. The van der Waals surface area contributed by atoms with Crippen molar-refractivity contribution in [1.82, 2.24) is 9.97 Å². The summed E-state index contributed by atoms with van der Waals surface area (Å²) in [5.41, 5.74) is 0.379. The SMILES string of the molecule is CC(=O)Nc1coc(N[C@@H](C)c2cc3cc(Cl)c(F)cc3[nH]c2=O)n1. The van der Waals surface area contributed by atoms with E-state index >= 15 is 0 Å². The number of hydrogen-bond donors (Lipinski definition) is 3. The van der Waals surface area contributed by atoms with Crippen LogP contribution in [0.1, 0.15) is 25.5 Å². The number of nitrogens with zero attached hydrogens (tertiary/aromatic N) is 1. The minimum Gasteiger partial charge on any atom is -0.430 e. The van der Waals surface area contributed by atoms with Crippen LogP contribution in [0.15, 0.2) is 33.7 Å². The van der Waals surface area contributed by atoms with Crippen LogP contribution in [0.4, 0.5) is 16.2 Å². The van der Waals surface area contributed by atoms with Crippen LogP contribution in [0.25, 0.3) is 10.9 Å². The molecule has 0 aliphatic heterocycles. The monoisotopic (exact) mass is 364 g/mol. The molecule has 2 aromatic heterocycles. The van der Waals surface area contributed by atoms with Gasteiger partial charge in [0.15, 0.2) is 5.82 Å². The van der Waals surface area contributed by atoms with Crippen LogP contribution in [-0.4, -0.2) is 15.9 Å². The Morgan fingerprint density at radius 2 is 2.16 bits per heavy atom. The van der Waals surface area contributed by atoms with Gasteiger partial charge >= 0.3 is 0 Å². The van der Waals surface area contributed by atoms with Gasteiger partial charge in [-0.3, -0.25) is 9.59 Å². The molecule has 1 atom stereocenters. The van der Waals surface area contributed by atoms with Gasteiger partial charge in [-0.2, -0.15) is 4.98 Å². The molecule has 0 saturated carbocycles. The summed E-state index contributed by atoms with van der Waals surface area (Å²) in [4.78, 5) is 29.9. The number of aromatic nitrogens is 2. The van der Waals surface area contributed by atoms with Gasteiger partial charge in [-0.25, -0.2) is 4.39 Å². The number of hydrogen-bond acceptors (Lipinski definition) is 5. The summed E-state index contributed by atoms with van der Waals surface area (Å²) in [5.74, 6) is -0.617. The highest BCUT2D eigenvalue weighted by Crippen LogP contribution is 2.24. The largest absolute Gasteiger partial charge is 0.430 e. The Morgan fingerprint density at radius 3 is 2.88 bits per heavy atom. The molecule has 0 bridgehead atoms. The molecule has 0 radical (unpaired) electrons. The van der Waals surface area contributed by atoms with Crippen molar-refractivity contribution in [2.75, 3.05) is 10.6 Å². The second-order valence-electron chi connectivity index (χ2n) is 5.49. The maximum Gasteiger partial charge on any atom is 0.297 e. The van der Waals surface area contributed by atoms with Crippen LogP contribution >= 0.6 is 11.6 Å².